The molecule has 1 fully saturated rings. The van der Waals surface area contributed by atoms with Gasteiger partial charge >= 0.3 is 23.9 Å². The lowest BCUT2D eigenvalue weighted by Gasteiger charge is -2.44. The Morgan fingerprint density at radius 1 is 0.778 bits per heavy atom. The molecule has 1 saturated heterocycles. The highest BCUT2D eigenvalue weighted by Gasteiger charge is 2.52. The minimum atomic E-state index is -1.44. The number of ether oxygens (including phenoxy) is 5. The van der Waals surface area contributed by atoms with Gasteiger partial charge in [0.25, 0.3) is 0 Å². The van der Waals surface area contributed by atoms with E-state index in [1.165, 1.54) is 13.8 Å². The van der Waals surface area contributed by atoms with Gasteiger partial charge in [0.2, 0.25) is 18.3 Å². The first-order valence-corrected chi connectivity index (χ1v) is 8.08. The van der Waals surface area contributed by atoms with Crippen LogP contribution in [0.1, 0.15) is 34.6 Å². The average Bonchev–Trinajstić information content (AvgIpc) is 2.49. The van der Waals surface area contributed by atoms with E-state index in [0.717, 1.165) is 20.8 Å². The Balaban J connectivity index is 3.29. The minimum absolute atomic E-state index is 0.331. The van der Waals surface area contributed by atoms with Crippen LogP contribution in [0.3, 0.4) is 0 Å². The number of esters is 4. The fraction of sp³-hybridized carbons (Fsp3) is 0.688. The minimum Gasteiger partial charge on any atom is -0.463 e. The normalized spacial score (nSPS) is 27.1. The van der Waals surface area contributed by atoms with Crippen molar-refractivity contribution in [1.29, 1.82) is 0 Å². The summed E-state index contributed by atoms with van der Waals surface area (Å²) in [5.41, 5.74) is 0. The van der Waals surface area contributed by atoms with Gasteiger partial charge in [-0.05, 0) is 0 Å². The van der Waals surface area contributed by atoms with E-state index >= 15 is 0 Å². The predicted octanol–water partition coefficient (Wildman–Crippen LogP) is -0.794. The Morgan fingerprint density at radius 2 is 1.30 bits per heavy atom. The second-order valence-corrected chi connectivity index (χ2v) is 5.83. The maximum atomic E-state index is 11.6. The van der Waals surface area contributed by atoms with Gasteiger partial charge in [0.05, 0.1) is 6.04 Å². The summed E-state index contributed by atoms with van der Waals surface area (Å²) in [5, 5.41) is 2.52. The van der Waals surface area contributed by atoms with Gasteiger partial charge in [-0.3, -0.25) is 24.0 Å². The molecule has 11 heteroatoms. The molecule has 1 unspecified atom stereocenters. The monoisotopic (exact) mass is 389 g/mol. The van der Waals surface area contributed by atoms with Gasteiger partial charge in [-0.2, -0.15) is 0 Å². The van der Waals surface area contributed by atoms with E-state index in [4.69, 9.17) is 23.7 Å². The number of rotatable bonds is 6. The number of carbonyl (C=O) groups is 5. The van der Waals surface area contributed by atoms with Crippen LogP contribution in [0.15, 0.2) is 0 Å². The molecule has 0 radical (unpaired) electrons. The Hall–Kier alpha value is -2.69. The lowest BCUT2D eigenvalue weighted by Crippen LogP contribution is -2.66. The van der Waals surface area contributed by atoms with Gasteiger partial charge in [0, 0.05) is 34.6 Å². The Labute approximate surface area is 155 Å². The zero-order chi connectivity index (χ0) is 20.7. The highest BCUT2D eigenvalue weighted by molar-refractivity contribution is 5.74. The van der Waals surface area contributed by atoms with Crippen LogP contribution in [0, 0.1) is 0 Å². The van der Waals surface area contributed by atoms with Crippen molar-refractivity contribution in [3.63, 3.8) is 0 Å². The van der Waals surface area contributed by atoms with Gasteiger partial charge in [-0.15, -0.1) is 0 Å². The van der Waals surface area contributed by atoms with Gasteiger partial charge in [0.15, 0.2) is 6.10 Å². The lowest BCUT2D eigenvalue weighted by molar-refractivity contribution is -0.278. The molecule has 1 aliphatic heterocycles. The van der Waals surface area contributed by atoms with Crippen LogP contribution in [0.2, 0.25) is 0 Å². The summed E-state index contributed by atoms with van der Waals surface area (Å²) in [7, 11) is 0. The SMILES string of the molecule is CC(=O)N[C@H]1[C@@H](OC(C)=O)[C@H](OC(C)=O)C(OC(C)=O)O[C@@H]1COC(C)=O. The van der Waals surface area contributed by atoms with Crippen molar-refractivity contribution >= 4 is 29.8 Å². The first-order valence-electron chi connectivity index (χ1n) is 8.08. The van der Waals surface area contributed by atoms with Crippen molar-refractivity contribution in [1.82, 2.24) is 5.32 Å². The molecular formula is C16H23NO10. The topological polar surface area (TPSA) is 144 Å². The summed E-state index contributed by atoms with van der Waals surface area (Å²) in [6, 6.07) is -1.04. The fourth-order valence-electron chi connectivity index (χ4n) is 2.56. The van der Waals surface area contributed by atoms with Crippen LogP contribution < -0.4 is 5.32 Å². The molecule has 1 heterocycles. The van der Waals surface area contributed by atoms with E-state index in [9.17, 15) is 24.0 Å². The van der Waals surface area contributed by atoms with Gasteiger partial charge < -0.3 is 29.0 Å². The fourth-order valence-corrected chi connectivity index (χ4v) is 2.56. The summed E-state index contributed by atoms with van der Waals surface area (Å²) in [5.74, 6) is -3.35. The van der Waals surface area contributed by atoms with Gasteiger partial charge in [0.1, 0.15) is 12.7 Å². The molecule has 0 aromatic heterocycles. The molecule has 0 bridgehead atoms. The van der Waals surface area contributed by atoms with E-state index in [1.807, 2.05) is 0 Å². The van der Waals surface area contributed by atoms with E-state index in [0.29, 0.717) is 0 Å². The Kier molecular flexibility index (Phi) is 8.16. The van der Waals surface area contributed by atoms with Crippen molar-refractivity contribution in [2.75, 3.05) is 6.61 Å². The molecule has 1 rings (SSSR count). The van der Waals surface area contributed by atoms with E-state index in [-0.39, 0.29) is 6.61 Å². The zero-order valence-corrected chi connectivity index (χ0v) is 15.7. The number of nitrogens with one attached hydrogen (secondary N) is 1. The van der Waals surface area contributed by atoms with Gasteiger partial charge in [-0.25, -0.2) is 0 Å². The van der Waals surface area contributed by atoms with Crippen molar-refractivity contribution in [2.24, 2.45) is 0 Å². The number of hydrogen-bond donors (Lipinski definition) is 1. The molecule has 0 aromatic rings. The average molecular weight is 389 g/mol. The largest absolute Gasteiger partial charge is 0.463 e. The molecule has 5 atom stereocenters. The van der Waals surface area contributed by atoms with Crippen molar-refractivity contribution in [3.05, 3.63) is 0 Å². The van der Waals surface area contributed by atoms with Crippen LogP contribution in [0.5, 0.6) is 0 Å². The van der Waals surface area contributed by atoms with E-state index in [2.05, 4.69) is 5.32 Å². The molecule has 1 aliphatic rings. The van der Waals surface area contributed by atoms with Crippen LogP contribution in [-0.2, 0) is 47.7 Å². The quantitative estimate of drug-likeness (QED) is 0.453. The standard InChI is InChI=1S/C16H23NO10/c1-7(18)17-13-12(6-23-8(2)19)27-16(26-11(5)22)15(25-10(4)21)14(13)24-9(3)20/h12-16H,6H2,1-5H3,(H,17,18)/t12-,13-,14-,15+,16?/m1/s1. The van der Waals surface area contributed by atoms with Crippen LogP contribution in [0.4, 0.5) is 0 Å². The first-order chi connectivity index (χ1) is 12.5. The van der Waals surface area contributed by atoms with E-state index in [1.54, 1.807) is 0 Å². The first kappa shape index (κ1) is 22.4. The maximum Gasteiger partial charge on any atom is 0.305 e. The van der Waals surface area contributed by atoms with Crippen LogP contribution >= 0.6 is 0 Å². The molecule has 11 nitrogen and oxygen atoms in total. The molecule has 0 aromatic carbocycles. The van der Waals surface area contributed by atoms with Crippen molar-refractivity contribution in [2.45, 2.75) is 65.3 Å². The third-order valence-electron chi connectivity index (χ3n) is 3.36. The number of carbonyl (C=O) groups excluding carboxylic acids is 5. The maximum absolute atomic E-state index is 11.6. The third-order valence-corrected chi connectivity index (χ3v) is 3.36. The van der Waals surface area contributed by atoms with Crippen molar-refractivity contribution < 1.29 is 47.7 Å². The zero-order valence-electron chi connectivity index (χ0n) is 15.7. The highest BCUT2D eigenvalue weighted by Crippen LogP contribution is 2.28. The molecule has 1 N–H and O–H groups in total. The molecule has 1 amide bonds. The van der Waals surface area contributed by atoms with E-state index < -0.39 is 60.4 Å². The van der Waals surface area contributed by atoms with Crippen molar-refractivity contribution in [3.8, 4) is 0 Å². The second-order valence-electron chi connectivity index (χ2n) is 5.83. The van der Waals surface area contributed by atoms with Crippen LogP contribution in [-0.4, -0.2) is 67.0 Å². The summed E-state index contributed by atoms with van der Waals surface area (Å²) >= 11 is 0. The summed E-state index contributed by atoms with van der Waals surface area (Å²) in [6.07, 6.45) is -5.09. The molecule has 152 valence electrons. The summed E-state index contributed by atoms with van der Waals surface area (Å²) in [6.45, 7) is 5.39. The number of amides is 1. The summed E-state index contributed by atoms with van der Waals surface area (Å²) < 4.78 is 25.9. The third kappa shape index (κ3) is 7.21. The molecule has 0 aliphatic carbocycles. The predicted molar refractivity (Wildman–Crippen MR) is 85.8 cm³/mol. The molecule has 0 saturated carbocycles. The number of hydrogen-bond acceptors (Lipinski definition) is 10. The Morgan fingerprint density at radius 3 is 1.74 bits per heavy atom. The molecular weight excluding hydrogens is 366 g/mol. The van der Waals surface area contributed by atoms with Gasteiger partial charge in [-0.1, -0.05) is 0 Å². The second kappa shape index (κ2) is 9.86. The highest BCUT2D eigenvalue weighted by atomic mass is 16.7. The molecule has 0 spiro atoms. The smallest absolute Gasteiger partial charge is 0.305 e. The van der Waals surface area contributed by atoms with Crippen LogP contribution in [0.25, 0.3) is 0 Å². The Bertz CT molecular complexity index is 604. The summed E-state index contributed by atoms with van der Waals surface area (Å²) in [4.78, 5) is 57.2. The lowest BCUT2D eigenvalue weighted by atomic mass is 9.95. The molecule has 27 heavy (non-hydrogen) atoms.